The van der Waals surface area contributed by atoms with Crippen LogP contribution in [-0.2, 0) is 19.1 Å². The first-order valence-corrected chi connectivity index (χ1v) is 6.11. The van der Waals surface area contributed by atoms with Crippen molar-refractivity contribution in [3.8, 4) is 0 Å². The molecule has 0 aromatic carbocycles. The van der Waals surface area contributed by atoms with Crippen LogP contribution >= 0.6 is 24.0 Å². The maximum absolute atomic E-state index is 11.4. The van der Waals surface area contributed by atoms with Gasteiger partial charge in [-0.25, -0.2) is 4.90 Å². The number of thioether (sulfide) groups is 1. The smallest absolute Gasteiger partial charge is 0.319 e. The van der Waals surface area contributed by atoms with Gasteiger partial charge in [-0.2, -0.15) is 0 Å². The third-order valence-electron chi connectivity index (χ3n) is 2.36. The number of imide groups is 1. The van der Waals surface area contributed by atoms with Crippen LogP contribution in [0, 0.1) is 0 Å². The molecule has 2 aliphatic heterocycles. The van der Waals surface area contributed by atoms with Gasteiger partial charge in [0.2, 0.25) is 11.8 Å². The molecule has 2 fully saturated rings. The van der Waals surface area contributed by atoms with Crippen LogP contribution < -0.4 is 0 Å². The number of thiocarbonyl (C=S) groups is 1. The van der Waals surface area contributed by atoms with Crippen LogP contribution in [0.2, 0.25) is 0 Å². The molecule has 5 nitrogen and oxygen atoms in total. The number of hydrogen-bond acceptors (Lipinski definition) is 6. The molecule has 16 heavy (non-hydrogen) atoms. The van der Waals surface area contributed by atoms with Crippen molar-refractivity contribution >= 4 is 46.1 Å². The average Bonchev–Trinajstić information content (AvgIpc) is 2.75. The number of carbonyl (C=O) groups is 3. The lowest BCUT2D eigenvalue weighted by Gasteiger charge is -2.15. The second-order valence-corrected chi connectivity index (χ2v) is 5.29. The molecular weight excluding hydrogens is 250 g/mol. The molecule has 0 aromatic rings. The second-order valence-electron chi connectivity index (χ2n) is 3.45. The molecule has 0 aromatic heterocycles. The van der Waals surface area contributed by atoms with Gasteiger partial charge in [-0.15, -0.1) is 0 Å². The van der Waals surface area contributed by atoms with E-state index in [0.29, 0.717) is 13.0 Å². The minimum Gasteiger partial charge on any atom is -0.465 e. The Balaban J connectivity index is 2.00. The minimum atomic E-state index is -0.381. The van der Waals surface area contributed by atoms with E-state index in [9.17, 15) is 14.4 Å². The zero-order chi connectivity index (χ0) is 11.7. The first kappa shape index (κ1) is 11.5. The summed E-state index contributed by atoms with van der Waals surface area (Å²) in [7, 11) is 0. The second kappa shape index (κ2) is 4.50. The first-order valence-electron chi connectivity index (χ1n) is 4.82. The molecule has 2 heterocycles. The molecule has 0 radical (unpaired) electrons. The van der Waals surface area contributed by atoms with E-state index >= 15 is 0 Å². The van der Waals surface area contributed by atoms with Crippen LogP contribution in [0.15, 0.2) is 0 Å². The molecule has 0 bridgehead atoms. The van der Waals surface area contributed by atoms with Gasteiger partial charge in [-0.05, 0) is 0 Å². The molecule has 0 N–H and O–H groups in total. The van der Waals surface area contributed by atoms with Gasteiger partial charge in [0.15, 0.2) is 4.32 Å². The van der Waals surface area contributed by atoms with Crippen LogP contribution in [0.25, 0.3) is 0 Å². The van der Waals surface area contributed by atoms with Gasteiger partial charge in [0, 0.05) is 19.3 Å². The summed E-state index contributed by atoms with van der Waals surface area (Å²) in [6.07, 6.45) is 0.975. The van der Waals surface area contributed by atoms with E-state index in [-0.39, 0.29) is 40.2 Å². The van der Waals surface area contributed by atoms with Crippen LogP contribution in [0.4, 0.5) is 0 Å². The zero-order valence-electron chi connectivity index (χ0n) is 8.30. The van der Waals surface area contributed by atoms with Gasteiger partial charge in [-0.1, -0.05) is 24.0 Å². The number of esters is 1. The van der Waals surface area contributed by atoms with E-state index in [0.717, 1.165) is 16.7 Å². The van der Waals surface area contributed by atoms with Gasteiger partial charge in [-0.3, -0.25) is 14.4 Å². The molecule has 0 aliphatic carbocycles. The number of cyclic esters (lactones) is 1. The van der Waals surface area contributed by atoms with Gasteiger partial charge in [0.25, 0.3) is 0 Å². The molecule has 0 unspecified atom stereocenters. The predicted octanol–water partition coefficient (Wildman–Crippen LogP) is 0.469. The predicted molar refractivity (Wildman–Crippen MR) is 60.6 cm³/mol. The summed E-state index contributed by atoms with van der Waals surface area (Å²) in [6.45, 7) is 0.376. The van der Waals surface area contributed by atoms with Crippen LogP contribution in [0.5, 0.6) is 0 Å². The Morgan fingerprint density at radius 3 is 2.44 bits per heavy atom. The summed E-state index contributed by atoms with van der Waals surface area (Å²) in [5.41, 5.74) is 0. The molecule has 1 atom stereocenters. The van der Waals surface area contributed by atoms with Crippen molar-refractivity contribution in [3.05, 3.63) is 0 Å². The molecule has 7 heteroatoms. The van der Waals surface area contributed by atoms with Gasteiger partial charge >= 0.3 is 5.97 Å². The van der Waals surface area contributed by atoms with Crippen molar-refractivity contribution < 1.29 is 19.1 Å². The molecule has 2 amide bonds. The first-order chi connectivity index (χ1) is 7.59. The molecule has 0 spiro atoms. The Bertz CT molecular complexity index is 366. The van der Waals surface area contributed by atoms with Gasteiger partial charge < -0.3 is 4.74 Å². The van der Waals surface area contributed by atoms with Crippen LogP contribution in [0.1, 0.15) is 19.3 Å². The fraction of sp³-hybridized carbons (Fsp3) is 0.556. The van der Waals surface area contributed by atoms with E-state index in [1.165, 1.54) is 0 Å². The molecule has 2 rings (SSSR count). The third kappa shape index (κ3) is 2.10. The fourth-order valence-electron chi connectivity index (χ4n) is 1.54. The maximum atomic E-state index is 11.4. The number of hydrogen-bond donors (Lipinski definition) is 0. The summed E-state index contributed by atoms with van der Waals surface area (Å²) >= 11 is 6.06. The van der Waals surface area contributed by atoms with Gasteiger partial charge in [0.05, 0.1) is 6.61 Å². The lowest BCUT2D eigenvalue weighted by molar-refractivity contribution is -0.138. The Kier molecular flexibility index (Phi) is 3.25. The minimum absolute atomic E-state index is 0.163. The Labute approximate surface area is 101 Å². The largest absolute Gasteiger partial charge is 0.465 e. The highest BCUT2D eigenvalue weighted by atomic mass is 32.2. The number of carbonyl (C=O) groups excluding carboxylic acids is 3. The lowest BCUT2D eigenvalue weighted by atomic mass is 10.4. The highest BCUT2D eigenvalue weighted by Gasteiger charge is 2.36. The number of amides is 2. The van der Waals surface area contributed by atoms with E-state index in [2.05, 4.69) is 0 Å². The highest BCUT2D eigenvalue weighted by Crippen LogP contribution is 2.27. The number of nitrogens with zero attached hydrogens (tertiary/aromatic N) is 1. The maximum Gasteiger partial charge on any atom is 0.319 e. The summed E-state index contributed by atoms with van der Waals surface area (Å²) in [4.78, 5) is 34.9. The van der Waals surface area contributed by atoms with E-state index in [1.54, 1.807) is 0 Å². The third-order valence-corrected chi connectivity index (χ3v) is 3.93. The number of likely N-dealkylation sites (tertiary alicyclic amines) is 1. The van der Waals surface area contributed by atoms with Crippen molar-refractivity contribution in [2.45, 2.75) is 24.5 Å². The Morgan fingerprint density at radius 1 is 1.31 bits per heavy atom. The Hall–Kier alpha value is -0.950. The summed E-state index contributed by atoms with van der Waals surface area (Å²) in [6, 6.07) is 0. The number of rotatable bonds is 1. The highest BCUT2D eigenvalue weighted by molar-refractivity contribution is 8.23. The molecule has 86 valence electrons. The molecule has 2 aliphatic rings. The standard InChI is InChI=1S/C9H9NO4S2/c11-6-1-2-7(12)10(6)9(15)16-5-3-4-14-8(5)13/h5H,1-4H2/t5-/m0/s1. The zero-order valence-corrected chi connectivity index (χ0v) is 9.94. The fourth-order valence-corrected chi connectivity index (χ4v) is 3.02. The SMILES string of the molecule is O=C1OCC[C@@H]1SC(=S)N1C(=O)CCC1=O. The summed E-state index contributed by atoms with van der Waals surface area (Å²) < 4.78 is 4.94. The number of ether oxygens (including phenoxy) is 1. The van der Waals surface area contributed by atoms with Crippen molar-refractivity contribution in [1.82, 2.24) is 4.90 Å². The van der Waals surface area contributed by atoms with Crippen molar-refractivity contribution in [2.75, 3.05) is 6.61 Å². The average molecular weight is 259 g/mol. The summed E-state index contributed by atoms with van der Waals surface area (Å²) in [5, 5.41) is -0.381. The van der Waals surface area contributed by atoms with Crippen LogP contribution in [-0.4, -0.2) is 38.9 Å². The molecule has 0 saturated carbocycles. The van der Waals surface area contributed by atoms with E-state index in [1.807, 2.05) is 0 Å². The summed E-state index contributed by atoms with van der Waals surface area (Å²) in [5.74, 6) is -0.894. The molecule has 2 saturated heterocycles. The van der Waals surface area contributed by atoms with Crippen molar-refractivity contribution in [3.63, 3.8) is 0 Å². The molecular formula is C9H9NO4S2. The Morgan fingerprint density at radius 2 is 1.94 bits per heavy atom. The van der Waals surface area contributed by atoms with Gasteiger partial charge in [0.1, 0.15) is 5.25 Å². The van der Waals surface area contributed by atoms with Crippen LogP contribution in [0.3, 0.4) is 0 Å². The van der Waals surface area contributed by atoms with Crippen molar-refractivity contribution in [2.24, 2.45) is 0 Å². The quantitative estimate of drug-likeness (QED) is 0.387. The monoisotopic (exact) mass is 259 g/mol. The topological polar surface area (TPSA) is 63.7 Å². The normalized spacial score (nSPS) is 25.1. The van der Waals surface area contributed by atoms with E-state index in [4.69, 9.17) is 17.0 Å². The lowest BCUT2D eigenvalue weighted by Crippen LogP contribution is -2.34. The van der Waals surface area contributed by atoms with E-state index < -0.39 is 0 Å². The van der Waals surface area contributed by atoms with Crippen molar-refractivity contribution in [1.29, 1.82) is 0 Å².